The van der Waals surface area contributed by atoms with Gasteiger partial charge in [-0.1, -0.05) is 0 Å². The van der Waals surface area contributed by atoms with Crippen LogP contribution in [0.15, 0.2) is 83.7 Å². The smallest absolute Gasteiger partial charge is 1.00 e. The molecule has 0 saturated heterocycles. The molecule has 35 heavy (non-hydrogen) atoms. The molecule has 0 bridgehead atoms. The minimum atomic E-state index is -1.13. The maximum Gasteiger partial charge on any atom is -1.00 e. The van der Waals surface area contributed by atoms with Crippen molar-refractivity contribution in [2.24, 2.45) is 0 Å². The molecule has 0 aliphatic heterocycles. The first kappa shape index (κ1) is 28.6. The standard InChI is InChI=1S/C16H13.C15H20P.2ClH.Hf/c1-12-10-14-8-5-9-15(16(14)11-12)13-6-3-2-4-7-13;1-11(2)16(12(3)4)15-9-13-7-5-6-8-14(13)10-15;;;/h2-11H,1H3;5-12H,1-4H3;2*1H;/q;;;;+2/p-2. The summed E-state index contributed by atoms with van der Waals surface area (Å²) in [7, 11) is -0.119. The number of allylic oxidation sites excluding steroid dienone is 2. The first-order valence-electron chi connectivity index (χ1n) is 12.2. The van der Waals surface area contributed by atoms with E-state index in [-0.39, 0.29) is 32.7 Å². The summed E-state index contributed by atoms with van der Waals surface area (Å²) in [6, 6.07) is 27.2. The van der Waals surface area contributed by atoms with Gasteiger partial charge in [0, 0.05) is 0 Å². The van der Waals surface area contributed by atoms with Crippen LogP contribution < -0.4 is 24.8 Å². The van der Waals surface area contributed by atoms with E-state index >= 15 is 0 Å². The Morgan fingerprint density at radius 1 is 0.686 bits per heavy atom. The topological polar surface area (TPSA) is 0 Å². The van der Waals surface area contributed by atoms with Gasteiger partial charge in [0.25, 0.3) is 0 Å². The summed E-state index contributed by atoms with van der Waals surface area (Å²) in [6.45, 7) is 12.2. The van der Waals surface area contributed by atoms with Crippen LogP contribution in [0.1, 0.15) is 64.2 Å². The third kappa shape index (κ3) is 5.50. The Bertz CT molecular complexity index is 1220. The van der Waals surface area contributed by atoms with Crippen LogP contribution >= 0.6 is 7.92 Å². The van der Waals surface area contributed by atoms with Crippen molar-refractivity contribution in [3.8, 4) is 11.1 Å². The van der Waals surface area contributed by atoms with Crippen LogP contribution in [0, 0.1) is 0 Å². The van der Waals surface area contributed by atoms with Crippen molar-refractivity contribution < 1.29 is 47.7 Å². The summed E-state index contributed by atoms with van der Waals surface area (Å²) in [5, 5.41) is 1.81. The Kier molecular flexibility index (Phi) is 9.84. The number of benzene rings is 3. The second-order valence-corrected chi connectivity index (χ2v) is 18.6. The van der Waals surface area contributed by atoms with E-state index in [1.54, 1.807) is 22.0 Å². The maximum atomic E-state index is 2.61. The molecule has 0 fully saturated rings. The number of fused-ring (bicyclic) bond motifs is 2. The Morgan fingerprint density at radius 2 is 1.31 bits per heavy atom. The fraction of sp³-hybridized carbons (Fsp3) is 0.290. The quantitative estimate of drug-likeness (QED) is 0.276. The van der Waals surface area contributed by atoms with Crippen molar-refractivity contribution in [3.05, 3.63) is 106 Å². The van der Waals surface area contributed by atoms with Crippen molar-refractivity contribution in [1.29, 1.82) is 0 Å². The normalized spacial score (nSPS) is 17.8. The van der Waals surface area contributed by atoms with Gasteiger partial charge in [0.05, 0.1) is 0 Å². The van der Waals surface area contributed by atoms with E-state index in [9.17, 15) is 0 Å². The van der Waals surface area contributed by atoms with Crippen molar-refractivity contribution in [2.45, 2.75) is 53.3 Å². The molecular weight excluding hydrogens is 653 g/mol. The Labute approximate surface area is 236 Å². The van der Waals surface area contributed by atoms with Gasteiger partial charge in [-0.2, -0.15) is 0 Å². The van der Waals surface area contributed by atoms with Gasteiger partial charge in [-0.25, -0.2) is 0 Å². The van der Waals surface area contributed by atoms with E-state index < -0.39 is 22.9 Å². The fourth-order valence-electron chi connectivity index (χ4n) is 5.71. The van der Waals surface area contributed by atoms with E-state index in [0.717, 1.165) is 15.0 Å². The molecule has 3 aromatic rings. The van der Waals surface area contributed by atoms with Crippen molar-refractivity contribution in [1.82, 2.24) is 0 Å². The first-order chi connectivity index (χ1) is 16.0. The maximum absolute atomic E-state index is 2.61. The van der Waals surface area contributed by atoms with E-state index in [4.69, 9.17) is 0 Å². The van der Waals surface area contributed by atoms with E-state index in [1.165, 1.54) is 22.3 Å². The van der Waals surface area contributed by atoms with Crippen molar-refractivity contribution in [3.63, 3.8) is 0 Å². The Hall–Kier alpha value is -0.980. The van der Waals surface area contributed by atoms with Crippen LogP contribution in [0.2, 0.25) is 0 Å². The van der Waals surface area contributed by atoms with E-state index in [0.29, 0.717) is 3.67 Å². The molecule has 0 radical (unpaired) electrons. The molecule has 0 amide bonds. The predicted octanol–water partition coefficient (Wildman–Crippen LogP) is 3.30. The Morgan fingerprint density at radius 3 is 2.00 bits per heavy atom. The van der Waals surface area contributed by atoms with Crippen LogP contribution in [0.3, 0.4) is 0 Å². The summed E-state index contributed by atoms with van der Waals surface area (Å²) in [4.78, 5) is 0. The zero-order chi connectivity index (χ0) is 23.1. The minimum Gasteiger partial charge on any atom is -1.00 e. The van der Waals surface area contributed by atoms with Gasteiger partial charge in [-0.05, 0) is 0 Å². The number of hydrogen-bond acceptors (Lipinski definition) is 0. The molecule has 0 N–H and O–H groups in total. The summed E-state index contributed by atoms with van der Waals surface area (Å²) in [6.07, 6.45) is 5.11. The van der Waals surface area contributed by atoms with Crippen molar-refractivity contribution >= 4 is 20.1 Å². The molecule has 0 nitrogen and oxygen atoms in total. The first-order valence-corrected chi connectivity index (χ1v) is 17.8. The molecule has 0 heterocycles. The monoisotopic (exact) mass is 686 g/mol. The average Bonchev–Trinajstić information content (AvgIpc) is 3.31. The van der Waals surface area contributed by atoms with Gasteiger partial charge in [0.2, 0.25) is 0 Å². The van der Waals surface area contributed by atoms with E-state index in [2.05, 4.69) is 120 Å². The second-order valence-electron chi connectivity index (χ2n) is 9.89. The molecule has 2 unspecified atom stereocenters. The largest absolute Gasteiger partial charge is 1.00 e. The zero-order valence-electron chi connectivity index (χ0n) is 21.1. The van der Waals surface area contributed by atoms with Crippen LogP contribution in [0.4, 0.5) is 0 Å². The summed E-state index contributed by atoms with van der Waals surface area (Å²) in [5.41, 5.74) is 12.0. The van der Waals surface area contributed by atoms with Gasteiger partial charge in [0.1, 0.15) is 0 Å². The number of rotatable bonds is 6. The molecule has 2 aliphatic carbocycles. The van der Waals surface area contributed by atoms with Crippen molar-refractivity contribution in [2.75, 3.05) is 0 Å². The zero-order valence-corrected chi connectivity index (χ0v) is 27.1. The van der Waals surface area contributed by atoms with Gasteiger partial charge >= 0.3 is 213 Å². The molecule has 4 heteroatoms. The number of halogens is 2. The summed E-state index contributed by atoms with van der Waals surface area (Å²) < 4.78 is 1.40. The molecule has 180 valence electrons. The third-order valence-electron chi connectivity index (χ3n) is 7.01. The van der Waals surface area contributed by atoms with Gasteiger partial charge in [-0.3, -0.25) is 0 Å². The average molecular weight is 686 g/mol. The van der Waals surface area contributed by atoms with Gasteiger partial charge < -0.3 is 24.8 Å². The summed E-state index contributed by atoms with van der Waals surface area (Å²) >= 11 is -1.13. The third-order valence-corrected chi connectivity index (χ3v) is 18.5. The summed E-state index contributed by atoms with van der Waals surface area (Å²) in [5.74, 6) is 0. The molecule has 2 atom stereocenters. The SMILES string of the molecule is CC1=Cc2c(-c3ccccc3)cccc2[CH]1[Hf+2][CH]1C(P(C(C)C)C(C)C)=Cc2ccccc21.[Cl-].[Cl-]. The fourth-order valence-corrected chi connectivity index (χ4v) is 17.5. The molecule has 2 aliphatic rings. The molecule has 0 spiro atoms. The second kappa shape index (κ2) is 12.0. The predicted molar refractivity (Wildman–Crippen MR) is 143 cm³/mol. The van der Waals surface area contributed by atoms with Crippen LogP contribution in [0.25, 0.3) is 23.3 Å². The molecule has 0 saturated carbocycles. The Balaban J connectivity index is 0.00000171. The molecule has 5 rings (SSSR count). The number of hydrogen-bond donors (Lipinski definition) is 0. The minimum absolute atomic E-state index is 0. The van der Waals surface area contributed by atoms with Gasteiger partial charge in [-0.15, -0.1) is 0 Å². The van der Waals surface area contributed by atoms with Crippen LogP contribution in [-0.4, -0.2) is 11.3 Å². The molecule has 3 aromatic carbocycles. The van der Waals surface area contributed by atoms with Crippen LogP contribution in [-0.2, 0) is 22.9 Å². The van der Waals surface area contributed by atoms with Gasteiger partial charge in [0.15, 0.2) is 0 Å². The molecular formula is C31H33Cl2HfP. The van der Waals surface area contributed by atoms with E-state index in [1.807, 2.05) is 0 Å². The van der Waals surface area contributed by atoms with Crippen LogP contribution in [0.5, 0.6) is 0 Å². The molecule has 0 aromatic heterocycles.